The van der Waals surface area contributed by atoms with Crippen molar-refractivity contribution in [1.82, 2.24) is 5.32 Å². The highest BCUT2D eigenvalue weighted by atomic mass is 16.5. The average molecular weight is 214 g/mol. The van der Waals surface area contributed by atoms with Gasteiger partial charge in [-0.1, -0.05) is 19.8 Å². The first-order chi connectivity index (χ1) is 7.18. The minimum absolute atomic E-state index is 0.373. The van der Waals surface area contributed by atoms with E-state index in [-0.39, 0.29) is 0 Å². The van der Waals surface area contributed by atoms with Crippen molar-refractivity contribution in [3.05, 3.63) is 0 Å². The van der Waals surface area contributed by atoms with Crippen LogP contribution < -0.4 is 11.1 Å². The molecular weight excluding hydrogens is 192 g/mol. The Morgan fingerprint density at radius 3 is 2.67 bits per heavy atom. The standard InChI is InChI=1S/C11H22N2O2/c1-9-2-4-10(5-3-9)8-13-6-7-15-11(12)14/h9-10,13H,2-8H2,1H3,(H2,12,14). The van der Waals surface area contributed by atoms with Gasteiger partial charge in [-0.15, -0.1) is 0 Å². The van der Waals surface area contributed by atoms with Crippen LogP contribution in [0.25, 0.3) is 0 Å². The van der Waals surface area contributed by atoms with E-state index in [1.165, 1.54) is 25.7 Å². The summed E-state index contributed by atoms with van der Waals surface area (Å²) in [4.78, 5) is 10.3. The second-order valence-electron chi connectivity index (χ2n) is 4.50. The van der Waals surface area contributed by atoms with Gasteiger partial charge in [0.2, 0.25) is 0 Å². The molecular formula is C11H22N2O2. The van der Waals surface area contributed by atoms with Gasteiger partial charge in [0.25, 0.3) is 0 Å². The maximum Gasteiger partial charge on any atom is 0.404 e. The van der Waals surface area contributed by atoms with Gasteiger partial charge in [0.15, 0.2) is 0 Å². The number of primary amides is 1. The number of nitrogens with two attached hydrogens (primary N) is 1. The molecule has 1 amide bonds. The van der Waals surface area contributed by atoms with Gasteiger partial charge >= 0.3 is 6.09 Å². The molecule has 1 saturated carbocycles. The number of carbonyl (C=O) groups excluding carboxylic acids is 1. The van der Waals surface area contributed by atoms with E-state index in [9.17, 15) is 4.79 Å². The van der Waals surface area contributed by atoms with Crippen LogP contribution in [0.3, 0.4) is 0 Å². The molecule has 88 valence electrons. The second kappa shape index (κ2) is 6.67. The molecule has 4 heteroatoms. The van der Waals surface area contributed by atoms with Crippen molar-refractivity contribution in [2.75, 3.05) is 19.7 Å². The van der Waals surface area contributed by atoms with Crippen LogP contribution in [0.4, 0.5) is 4.79 Å². The van der Waals surface area contributed by atoms with Gasteiger partial charge < -0.3 is 15.8 Å². The van der Waals surface area contributed by atoms with Crippen molar-refractivity contribution in [3.63, 3.8) is 0 Å². The Bertz CT molecular complexity index is 189. The summed E-state index contributed by atoms with van der Waals surface area (Å²) in [5.41, 5.74) is 4.84. The molecule has 0 spiro atoms. The number of hydrogen-bond donors (Lipinski definition) is 2. The zero-order valence-corrected chi connectivity index (χ0v) is 9.50. The molecule has 0 aliphatic heterocycles. The van der Waals surface area contributed by atoms with Gasteiger partial charge in [-0.3, -0.25) is 0 Å². The third-order valence-corrected chi connectivity index (χ3v) is 3.09. The minimum Gasteiger partial charge on any atom is -0.448 e. The molecule has 0 aromatic carbocycles. The Labute approximate surface area is 91.5 Å². The Kier molecular flexibility index (Phi) is 5.47. The summed E-state index contributed by atoms with van der Waals surface area (Å²) < 4.78 is 4.62. The van der Waals surface area contributed by atoms with E-state index in [4.69, 9.17) is 5.73 Å². The van der Waals surface area contributed by atoms with E-state index >= 15 is 0 Å². The lowest BCUT2D eigenvalue weighted by Gasteiger charge is -2.26. The summed E-state index contributed by atoms with van der Waals surface area (Å²) >= 11 is 0. The van der Waals surface area contributed by atoms with E-state index < -0.39 is 6.09 Å². The van der Waals surface area contributed by atoms with Gasteiger partial charge in [-0.05, 0) is 31.2 Å². The van der Waals surface area contributed by atoms with E-state index in [1.807, 2.05) is 0 Å². The Morgan fingerprint density at radius 2 is 2.07 bits per heavy atom. The maximum absolute atomic E-state index is 10.3. The van der Waals surface area contributed by atoms with E-state index in [0.29, 0.717) is 13.2 Å². The summed E-state index contributed by atoms with van der Waals surface area (Å²) in [7, 11) is 0. The van der Waals surface area contributed by atoms with E-state index in [2.05, 4.69) is 17.0 Å². The fourth-order valence-electron chi connectivity index (χ4n) is 2.06. The van der Waals surface area contributed by atoms with Crippen LogP contribution in [0.15, 0.2) is 0 Å². The van der Waals surface area contributed by atoms with Gasteiger partial charge in [-0.2, -0.15) is 0 Å². The van der Waals surface area contributed by atoms with Crippen LogP contribution in [0, 0.1) is 11.8 Å². The van der Waals surface area contributed by atoms with Gasteiger partial charge in [0.05, 0.1) is 0 Å². The zero-order chi connectivity index (χ0) is 11.1. The molecule has 0 atom stereocenters. The Hall–Kier alpha value is -0.770. The number of ether oxygens (including phenoxy) is 1. The minimum atomic E-state index is -0.691. The van der Waals surface area contributed by atoms with Crippen LogP contribution in [-0.4, -0.2) is 25.8 Å². The van der Waals surface area contributed by atoms with Crippen LogP contribution in [-0.2, 0) is 4.74 Å². The lowest BCUT2D eigenvalue weighted by Crippen LogP contribution is -2.29. The summed E-state index contributed by atoms with van der Waals surface area (Å²) in [6.45, 7) is 4.44. The quantitative estimate of drug-likeness (QED) is 0.682. The zero-order valence-electron chi connectivity index (χ0n) is 9.50. The molecule has 0 heterocycles. The van der Waals surface area contributed by atoms with Gasteiger partial charge in [0.1, 0.15) is 6.61 Å². The van der Waals surface area contributed by atoms with E-state index in [0.717, 1.165) is 18.4 Å². The lowest BCUT2D eigenvalue weighted by atomic mass is 9.83. The third-order valence-electron chi connectivity index (χ3n) is 3.09. The van der Waals surface area contributed by atoms with Crippen molar-refractivity contribution in [3.8, 4) is 0 Å². The Balaban J connectivity index is 1.94. The molecule has 15 heavy (non-hydrogen) atoms. The number of amides is 1. The highest BCUT2D eigenvalue weighted by Gasteiger charge is 2.17. The van der Waals surface area contributed by atoms with Gasteiger partial charge in [0, 0.05) is 6.54 Å². The normalized spacial score (nSPS) is 26.2. The molecule has 1 fully saturated rings. The molecule has 0 aromatic rings. The summed E-state index contributed by atoms with van der Waals surface area (Å²) in [6.07, 6.45) is 4.66. The van der Waals surface area contributed by atoms with Crippen LogP contribution >= 0.6 is 0 Å². The fraction of sp³-hybridized carbons (Fsp3) is 0.909. The summed E-state index contributed by atoms with van der Waals surface area (Å²) in [6, 6.07) is 0. The van der Waals surface area contributed by atoms with E-state index in [1.54, 1.807) is 0 Å². The molecule has 0 radical (unpaired) electrons. The van der Waals surface area contributed by atoms with Crippen molar-refractivity contribution < 1.29 is 9.53 Å². The van der Waals surface area contributed by atoms with Gasteiger partial charge in [-0.25, -0.2) is 4.79 Å². The largest absolute Gasteiger partial charge is 0.448 e. The number of hydrogen-bond acceptors (Lipinski definition) is 3. The number of nitrogens with one attached hydrogen (secondary N) is 1. The lowest BCUT2D eigenvalue weighted by molar-refractivity contribution is 0.156. The highest BCUT2D eigenvalue weighted by Crippen LogP contribution is 2.27. The second-order valence-corrected chi connectivity index (χ2v) is 4.50. The first kappa shape index (κ1) is 12.3. The molecule has 4 nitrogen and oxygen atoms in total. The molecule has 0 unspecified atom stereocenters. The van der Waals surface area contributed by atoms with Crippen molar-refractivity contribution in [2.45, 2.75) is 32.6 Å². The maximum atomic E-state index is 10.3. The predicted octanol–water partition coefficient (Wildman–Crippen LogP) is 1.50. The third kappa shape index (κ3) is 5.62. The van der Waals surface area contributed by atoms with Crippen LogP contribution in [0.2, 0.25) is 0 Å². The van der Waals surface area contributed by atoms with Crippen LogP contribution in [0.5, 0.6) is 0 Å². The number of carbonyl (C=O) groups is 1. The molecule has 3 N–H and O–H groups in total. The number of rotatable bonds is 5. The molecule has 1 aliphatic rings. The fourth-order valence-corrected chi connectivity index (χ4v) is 2.06. The van der Waals surface area contributed by atoms with Crippen molar-refractivity contribution in [1.29, 1.82) is 0 Å². The average Bonchev–Trinajstić information content (AvgIpc) is 2.20. The van der Waals surface area contributed by atoms with Crippen molar-refractivity contribution in [2.24, 2.45) is 17.6 Å². The molecule has 0 aromatic heterocycles. The first-order valence-electron chi connectivity index (χ1n) is 5.81. The van der Waals surface area contributed by atoms with Crippen molar-refractivity contribution >= 4 is 6.09 Å². The molecule has 1 aliphatic carbocycles. The predicted molar refractivity (Wildman–Crippen MR) is 59.5 cm³/mol. The summed E-state index contributed by atoms with van der Waals surface area (Å²) in [5.74, 6) is 1.70. The van der Waals surface area contributed by atoms with Crippen LogP contribution in [0.1, 0.15) is 32.6 Å². The topological polar surface area (TPSA) is 64.3 Å². The molecule has 0 bridgehead atoms. The molecule has 0 saturated heterocycles. The monoisotopic (exact) mass is 214 g/mol. The molecule has 1 rings (SSSR count). The smallest absolute Gasteiger partial charge is 0.404 e. The Morgan fingerprint density at radius 1 is 1.40 bits per heavy atom. The first-order valence-corrected chi connectivity index (χ1v) is 5.81. The SMILES string of the molecule is CC1CCC(CNCCOC(N)=O)CC1. The summed E-state index contributed by atoms with van der Waals surface area (Å²) in [5, 5.41) is 3.29. The highest BCUT2D eigenvalue weighted by molar-refractivity contribution is 5.64.